The van der Waals surface area contributed by atoms with Gasteiger partial charge >= 0.3 is 12.1 Å². The fourth-order valence-corrected chi connectivity index (χ4v) is 7.98. The van der Waals surface area contributed by atoms with Gasteiger partial charge < -0.3 is 26.4 Å². The zero-order valence-corrected chi connectivity index (χ0v) is 18.8. The third kappa shape index (κ3) is 6.00. The molecule has 0 aromatic heterocycles. The summed E-state index contributed by atoms with van der Waals surface area (Å²) in [5, 5.41) is 20.3. The number of benzene rings is 1. The van der Waals surface area contributed by atoms with Gasteiger partial charge in [0.15, 0.2) is 19.7 Å². The number of nitrogens with one attached hydrogen (secondary N) is 4. The molecular weight excluding hydrogens is 448 g/mol. The van der Waals surface area contributed by atoms with E-state index in [-0.39, 0.29) is 46.6 Å². The van der Waals surface area contributed by atoms with Crippen molar-refractivity contribution in [3.63, 3.8) is 0 Å². The van der Waals surface area contributed by atoms with Crippen molar-refractivity contribution in [2.45, 2.75) is 37.8 Å². The molecule has 3 rings (SSSR count). The van der Waals surface area contributed by atoms with Crippen molar-refractivity contribution < 1.29 is 31.5 Å². The lowest BCUT2D eigenvalue weighted by Gasteiger charge is -2.24. The first-order valence-corrected chi connectivity index (χ1v) is 13.2. The van der Waals surface area contributed by atoms with Crippen LogP contribution in [0.15, 0.2) is 18.2 Å². The van der Waals surface area contributed by atoms with Crippen LogP contribution in [0.4, 0.5) is 21.0 Å². The second-order valence-electron chi connectivity index (χ2n) is 8.70. The molecule has 0 bridgehead atoms. The van der Waals surface area contributed by atoms with E-state index in [1.165, 1.54) is 18.2 Å². The van der Waals surface area contributed by atoms with Gasteiger partial charge in [0.25, 0.3) is 0 Å². The van der Waals surface area contributed by atoms with Gasteiger partial charge in [-0.3, -0.25) is 0 Å². The molecule has 31 heavy (non-hydrogen) atoms. The Bertz CT molecular complexity index is 1120. The van der Waals surface area contributed by atoms with Crippen molar-refractivity contribution >= 4 is 43.1 Å². The fraction of sp³-hybridized carbons (Fsp3) is 0.556. The van der Waals surface area contributed by atoms with Crippen molar-refractivity contribution in [2.24, 2.45) is 0 Å². The molecule has 2 heterocycles. The van der Waals surface area contributed by atoms with Gasteiger partial charge in [-0.1, -0.05) is 0 Å². The molecule has 2 atom stereocenters. The first kappa shape index (κ1) is 23.1. The summed E-state index contributed by atoms with van der Waals surface area (Å²) in [6.45, 7) is 3.28. The molecule has 1 aromatic carbocycles. The largest absolute Gasteiger partial charge is 0.506 e. The Kier molecular flexibility index (Phi) is 5.86. The van der Waals surface area contributed by atoms with Crippen LogP contribution in [0.25, 0.3) is 0 Å². The summed E-state index contributed by atoms with van der Waals surface area (Å²) < 4.78 is 46.7. The summed E-state index contributed by atoms with van der Waals surface area (Å²) in [7, 11) is -6.40. The summed E-state index contributed by atoms with van der Waals surface area (Å²) >= 11 is 0. The van der Waals surface area contributed by atoms with Crippen molar-refractivity contribution in [3.8, 4) is 5.75 Å². The highest BCUT2D eigenvalue weighted by Crippen LogP contribution is 2.28. The minimum atomic E-state index is -3.21. The predicted molar refractivity (Wildman–Crippen MR) is 116 cm³/mol. The van der Waals surface area contributed by atoms with Crippen molar-refractivity contribution in [3.05, 3.63) is 18.2 Å². The van der Waals surface area contributed by atoms with Gasteiger partial charge in [0.1, 0.15) is 5.75 Å². The van der Waals surface area contributed by atoms with Crippen LogP contribution in [-0.4, -0.2) is 68.1 Å². The molecule has 11 nitrogen and oxygen atoms in total. The van der Waals surface area contributed by atoms with Gasteiger partial charge in [-0.05, 0) is 44.9 Å². The Balaban J connectivity index is 1.62. The minimum absolute atomic E-state index is 0.00634. The highest BCUT2D eigenvalue weighted by molar-refractivity contribution is 7.92. The van der Waals surface area contributed by atoms with Crippen LogP contribution < -0.4 is 21.3 Å². The molecule has 1 aromatic rings. The molecule has 5 N–H and O–H groups in total. The Morgan fingerprint density at radius 1 is 0.871 bits per heavy atom. The van der Waals surface area contributed by atoms with E-state index in [0.29, 0.717) is 6.42 Å². The summed E-state index contributed by atoms with van der Waals surface area (Å²) in [5.41, 5.74) is -1.53. The predicted octanol–water partition coefficient (Wildman–Crippen LogP) is 0.790. The smallest absolute Gasteiger partial charge is 0.319 e. The van der Waals surface area contributed by atoms with Crippen LogP contribution in [0.1, 0.15) is 26.7 Å². The van der Waals surface area contributed by atoms with E-state index in [4.69, 9.17) is 0 Å². The number of phenols is 1. The number of urea groups is 2. The molecule has 0 saturated carbocycles. The Hall–Kier alpha value is -2.54. The zero-order valence-electron chi connectivity index (χ0n) is 17.2. The molecule has 4 amide bonds. The summed E-state index contributed by atoms with van der Waals surface area (Å²) in [4.78, 5) is 24.6. The quantitative estimate of drug-likeness (QED) is 0.317. The zero-order chi connectivity index (χ0) is 23.1. The van der Waals surface area contributed by atoms with E-state index in [1.54, 1.807) is 13.8 Å². The average Bonchev–Trinajstić information content (AvgIpc) is 3.03. The molecule has 0 spiro atoms. The molecule has 13 heteroatoms. The fourth-order valence-electron chi connectivity index (χ4n) is 3.80. The highest BCUT2D eigenvalue weighted by Gasteiger charge is 2.40. The lowest BCUT2D eigenvalue weighted by molar-refractivity contribution is 0.241. The van der Waals surface area contributed by atoms with Crippen LogP contribution in [0, 0.1) is 0 Å². The monoisotopic (exact) mass is 474 g/mol. The molecule has 2 fully saturated rings. The molecule has 2 aliphatic heterocycles. The molecule has 0 aliphatic carbocycles. The first-order valence-electron chi connectivity index (χ1n) is 9.61. The normalized spacial score (nSPS) is 28.6. The number of hydrogen-bond acceptors (Lipinski definition) is 7. The molecule has 172 valence electrons. The topological polar surface area (TPSA) is 171 Å². The second-order valence-corrected chi connectivity index (χ2v) is 13.1. The van der Waals surface area contributed by atoms with Gasteiger partial charge in [0.05, 0.1) is 39.8 Å². The van der Waals surface area contributed by atoms with Gasteiger partial charge in [-0.2, -0.15) is 0 Å². The molecule has 2 aliphatic rings. The van der Waals surface area contributed by atoms with Crippen LogP contribution in [-0.2, 0) is 19.7 Å². The SMILES string of the molecule is CC1(NC(=O)Nc2ccc(O)c(NC(=O)NC3(C)CCS(=O)(=O)C3)c2)CCS(=O)(=O)C1. The molecule has 2 unspecified atom stereocenters. The number of rotatable bonds is 4. The van der Waals surface area contributed by atoms with E-state index >= 15 is 0 Å². The molecule has 2 saturated heterocycles. The van der Waals surface area contributed by atoms with Gasteiger partial charge in [-0.25, -0.2) is 26.4 Å². The third-order valence-electron chi connectivity index (χ3n) is 5.34. The van der Waals surface area contributed by atoms with Gasteiger partial charge in [-0.15, -0.1) is 0 Å². The highest BCUT2D eigenvalue weighted by atomic mass is 32.2. The van der Waals surface area contributed by atoms with E-state index in [1.807, 2.05) is 0 Å². The van der Waals surface area contributed by atoms with Gasteiger partial charge in [0, 0.05) is 5.69 Å². The van der Waals surface area contributed by atoms with E-state index in [0.717, 1.165) is 0 Å². The maximum atomic E-state index is 12.3. The Morgan fingerprint density at radius 3 is 1.81 bits per heavy atom. The minimum Gasteiger partial charge on any atom is -0.506 e. The first-order chi connectivity index (χ1) is 14.2. The summed E-state index contributed by atoms with van der Waals surface area (Å²) in [5.74, 6) is -0.574. The Labute approximate surface area is 180 Å². The number of aromatic hydroxyl groups is 1. The van der Waals surface area contributed by atoms with Crippen LogP contribution >= 0.6 is 0 Å². The third-order valence-corrected chi connectivity index (χ3v) is 9.15. The lowest BCUT2D eigenvalue weighted by Crippen LogP contribution is -2.48. The average molecular weight is 475 g/mol. The van der Waals surface area contributed by atoms with Crippen LogP contribution in [0.2, 0.25) is 0 Å². The number of anilines is 2. The number of carbonyl (C=O) groups is 2. The molecular formula is C18H26N4O7S2. The summed E-state index contributed by atoms with van der Waals surface area (Å²) in [6.07, 6.45) is 0.588. The van der Waals surface area contributed by atoms with Crippen LogP contribution in [0.5, 0.6) is 5.75 Å². The number of phenolic OH excluding ortho intramolecular Hbond substituents is 1. The molecule has 0 radical (unpaired) electrons. The van der Waals surface area contributed by atoms with Crippen molar-refractivity contribution in [1.29, 1.82) is 0 Å². The maximum absolute atomic E-state index is 12.3. The number of carbonyl (C=O) groups excluding carboxylic acids is 2. The number of amides is 4. The van der Waals surface area contributed by atoms with Crippen molar-refractivity contribution in [2.75, 3.05) is 33.6 Å². The maximum Gasteiger partial charge on any atom is 0.319 e. The van der Waals surface area contributed by atoms with E-state index in [2.05, 4.69) is 21.3 Å². The Morgan fingerprint density at radius 2 is 1.35 bits per heavy atom. The van der Waals surface area contributed by atoms with E-state index in [9.17, 15) is 31.5 Å². The van der Waals surface area contributed by atoms with Gasteiger partial charge in [0.2, 0.25) is 0 Å². The number of sulfone groups is 2. The summed E-state index contributed by atoms with van der Waals surface area (Å²) in [6, 6.07) is 2.70. The second kappa shape index (κ2) is 7.86. The standard InChI is InChI=1S/C18H26N4O7S2/c1-17(5-7-30(26,27)10-17)21-15(24)19-12-3-4-14(23)13(9-12)20-16(25)22-18(2)6-8-31(28,29)11-18/h3-4,9,23H,5-8,10-11H2,1-2H3,(H2,19,21,24)(H2,20,22,25). The van der Waals surface area contributed by atoms with Crippen molar-refractivity contribution in [1.82, 2.24) is 10.6 Å². The van der Waals surface area contributed by atoms with Crippen LogP contribution in [0.3, 0.4) is 0 Å². The number of hydrogen-bond donors (Lipinski definition) is 5. The van der Waals surface area contributed by atoms with E-state index < -0.39 is 42.8 Å². The lowest BCUT2D eigenvalue weighted by atomic mass is 10.0.